The molecule has 0 atom stereocenters. The zero-order chi connectivity index (χ0) is 26.1. The van der Waals surface area contributed by atoms with E-state index in [4.69, 9.17) is 14.2 Å². The van der Waals surface area contributed by atoms with Crippen LogP contribution in [0, 0.1) is 20.8 Å². The van der Waals surface area contributed by atoms with Gasteiger partial charge in [-0.05, 0) is 69.2 Å². The first-order valence-corrected chi connectivity index (χ1v) is 12.0. The number of aryl methyl sites for hydroxylation is 3. The van der Waals surface area contributed by atoms with Gasteiger partial charge in [0.2, 0.25) is 5.91 Å². The minimum Gasteiger partial charge on any atom is -0.490 e. The number of nitrogens with zero attached hydrogens (tertiary/aromatic N) is 1. The Labute approximate surface area is 213 Å². The molecule has 0 unspecified atom stereocenters. The molecule has 0 bridgehead atoms. The molecule has 7 heteroatoms. The second-order valence-electron chi connectivity index (χ2n) is 8.59. The van der Waals surface area contributed by atoms with Crippen LogP contribution in [-0.4, -0.2) is 50.1 Å². The highest BCUT2D eigenvalue weighted by molar-refractivity contribution is 6.00. The summed E-state index contributed by atoms with van der Waals surface area (Å²) < 4.78 is 17.2. The van der Waals surface area contributed by atoms with E-state index in [0.29, 0.717) is 36.9 Å². The van der Waals surface area contributed by atoms with Crippen molar-refractivity contribution in [2.24, 2.45) is 0 Å². The molecule has 0 aliphatic heterocycles. The first kappa shape index (κ1) is 26.6. The lowest BCUT2D eigenvalue weighted by atomic mass is 10.1. The summed E-state index contributed by atoms with van der Waals surface area (Å²) in [6.07, 6.45) is 0. The van der Waals surface area contributed by atoms with Crippen molar-refractivity contribution in [3.8, 4) is 17.2 Å². The molecule has 0 saturated carbocycles. The van der Waals surface area contributed by atoms with Crippen molar-refractivity contribution in [3.63, 3.8) is 0 Å². The standard InChI is InChI=1S/C29H34N2O5/c1-6-34-26-18-23(12-13-25(26)36-15-14-35-24-10-8-7-9-11-24)29(33)31(5)19-27(32)30-28-21(3)16-20(2)17-22(28)4/h7-13,16-18H,6,14-15,19H2,1-5H3,(H,30,32). The number of anilines is 1. The van der Waals surface area contributed by atoms with Crippen LogP contribution in [0.2, 0.25) is 0 Å². The fraction of sp³-hybridized carbons (Fsp3) is 0.310. The van der Waals surface area contributed by atoms with Gasteiger partial charge in [-0.25, -0.2) is 0 Å². The number of nitrogens with one attached hydrogen (secondary N) is 1. The summed E-state index contributed by atoms with van der Waals surface area (Å²) in [5, 5.41) is 2.93. The van der Waals surface area contributed by atoms with Gasteiger partial charge >= 0.3 is 0 Å². The first-order chi connectivity index (χ1) is 17.3. The number of carbonyl (C=O) groups excluding carboxylic acids is 2. The van der Waals surface area contributed by atoms with Gasteiger partial charge in [-0.2, -0.15) is 0 Å². The van der Waals surface area contributed by atoms with Gasteiger partial charge < -0.3 is 24.4 Å². The second-order valence-corrected chi connectivity index (χ2v) is 8.59. The molecule has 2 amide bonds. The van der Waals surface area contributed by atoms with Crippen molar-refractivity contribution in [2.75, 3.05) is 38.7 Å². The summed E-state index contributed by atoms with van der Waals surface area (Å²) in [6.45, 7) is 8.82. The van der Waals surface area contributed by atoms with Crippen molar-refractivity contribution < 1.29 is 23.8 Å². The third kappa shape index (κ3) is 7.25. The predicted octanol–water partition coefficient (Wildman–Crippen LogP) is 5.18. The summed E-state index contributed by atoms with van der Waals surface area (Å²) >= 11 is 0. The maximum atomic E-state index is 13.0. The summed E-state index contributed by atoms with van der Waals surface area (Å²) in [7, 11) is 1.60. The molecule has 0 aliphatic carbocycles. The average Bonchev–Trinajstić information content (AvgIpc) is 2.85. The van der Waals surface area contributed by atoms with Crippen LogP contribution in [0.3, 0.4) is 0 Å². The predicted molar refractivity (Wildman–Crippen MR) is 141 cm³/mol. The van der Waals surface area contributed by atoms with E-state index >= 15 is 0 Å². The minimum atomic E-state index is -0.289. The van der Waals surface area contributed by atoms with E-state index in [9.17, 15) is 9.59 Å². The number of para-hydroxylation sites is 1. The molecule has 0 heterocycles. The molecular formula is C29H34N2O5. The van der Waals surface area contributed by atoms with Crippen molar-refractivity contribution >= 4 is 17.5 Å². The van der Waals surface area contributed by atoms with Gasteiger partial charge in [0.05, 0.1) is 13.2 Å². The van der Waals surface area contributed by atoms with Gasteiger partial charge in [0.1, 0.15) is 19.0 Å². The molecule has 3 rings (SSSR count). The SMILES string of the molecule is CCOc1cc(C(=O)N(C)CC(=O)Nc2c(C)cc(C)cc2C)ccc1OCCOc1ccccc1. The van der Waals surface area contributed by atoms with Crippen LogP contribution in [0.25, 0.3) is 0 Å². The van der Waals surface area contributed by atoms with Crippen molar-refractivity contribution in [3.05, 3.63) is 82.9 Å². The number of likely N-dealkylation sites (N-methyl/N-ethyl adjacent to an activating group) is 1. The van der Waals surface area contributed by atoms with Crippen LogP contribution >= 0.6 is 0 Å². The van der Waals surface area contributed by atoms with Crippen LogP contribution in [0.15, 0.2) is 60.7 Å². The molecule has 0 aromatic heterocycles. The number of rotatable bonds is 11. The molecule has 1 N–H and O–H groups in total. The number of carbonyl (C=O) groups is 2. The summed E-state index contributed by atoms with van der Waals surface area (Å²) in [6, 6.07) is 18.5. The zero-order valence-corrected chi connectivity index (χ0v) is 21.6. The number of amides is 2. The maximum absolute atomic E-state index is 13.0. The second kappa shape index (κ2) is 12.6. The highest BCUT2D eigenvalue weighted by Gasteiger charge is 2.18. The zero-order valence-electron chi connectivity index (χ0n) is 21.6. The Bertz CT molecular complexity index is 1170. The quantitative estimate of drug-likeness (QED) is 0.375. The van der Waals surface area contributed by atoms with Gasteiger partial charge in [-0.15, -0.1) is 0 Å². The minimum absolute atomic E-state index is 0.0787. The lowest BCUT2D eigenvalue weighted by Crippen LogP contribution is -2.35. The average molecular weight is 491 g/mol. The Morgan fingerprint density at radius 1 is 0.833 bits per heavy atom. The lowest BCUT2D eigenvalue weighted by molar-refractivity contribution is -0.116. The Morgan fingerprint density at radius 3 is 2.17 bits per heavy atom. The van der Waals surface area contributed by atoms with Gasteiger partial charge in [0.25, 0.3) is 5.91 Å². The van der Waals surface area contributed by atoms with E-state index < -0.39 is 0 Å². The lowest BCUT2D eigenvalue weighted by Gasteiger charge is -2.19. The Balaban J connectivity index is 1.60. The normalized spacial score (nSPS) is 10.5. The van der Waals surface area contributed by atoms with Crippen molar-refractivity contribution in [1.82, 2.24) is 4.90 Å². The number of ether oxygens (including phenoxy) is 3. The number of hydrogen-bond acceptors (Lipinski definition) is 5. The highest BCUT2D eigenvalue weighted by atomic mass is 16.5. The van der Waals surface area contributed by atoms with E-state index in [-0.39, 0.29) is 18.4 Å². The van der Waals surface area contributed by atoms with E-state index in [1.165, 1.54) is 4.90 Å². The summed E-state index contributed by atoms with van der Waals surface area (Å²) in [4.78, 5) is 27.1. The van der Waals surface area contributed by atoms with Crippen LogP contribution in [0.1, 0.15) is 34.0 Å². The van der Waals surface area contributed by atoms with Gasteiger partial charge in [-0.3, -0.25) is 9.59 Å². The largest absolute Gasteiger partial charge is 0.490 e. The molecule has 0 spiro atoms. The maximum Gasteiger partial charge on any atom is 0.254 e. The smallest absolute Gasteiger partial charge is 0.254 e. The molecule has 3 aromatic rings. The Morgan fingerprint density at radius 2 is 1.50 bits per heavy atom. The Hall–Kier alpha value is -4.00. The summed E-state index contributed by atoms with van der Waals surface area (Å²) in [5.41, 5.74) is 4.30. The number of hydrogen-bond donors (Lipinski definition) is 1. The molecule has 3 aromatic carbocycles. The fourth-order valence-electron chi connectivity index (χ4n) is 3.92. The van der Waals surface area contributed by atoms with Crippen LogP contribution in [0.5, 0.6) is 17.2 Å². The third-order valence-electron chi connectivity index (χ3n) is 5.51. The van der Waals surface area contributed by atoms with E-state index in [0.717, 1.165) is 28.1 Å². The fourth-order valence-corrected chi connectivity index (χ4v) is 3.92. The molecule has 0 radical (unpaired) electrons. The first-order valence-electron chi connectivity index (χ1n) is 12.0. The van der Waals surface area contributed by atoms with Crippen molar-refractivity contribution in [2.45, 2.75) is 27.7 Å². The van der Waals surface area contributed by atoms with Gasteiger partial charge in [-0.1, -0.05) is 35.9 Å². The molecule has 7 nitrogen and oxygen atoms in total. The molecular weight excluding hydrogens is 456 g/mol. The van der Waals surface area contributed by atoms with E-state index in [2.05, 4.69) is 5.32 Å². The van der Waals surface area contributed by atoms with Gasteiger partial charge in [0, 0.05) is 18.3 Å². The van der Waals surface area contributed by atoms with E-state index in [1.807, 2.05) is 70.2 Å². The van der Waals surface area contributed by atoms with Gasteiger partial charge in [0.15, 0.2) is 11.5 Å². The van der Waals surface area contributed by atoms with Crippen molar-refractivity contribution in [1.29, 1.82) is 0 Å². The van der Waals surface area contributed by atoms with Crippen LogP contribution in [0.4, 0.5) is 5.69 Å². The molecule has 190 valence electrons. The number of benzene rings is 3. The molecule has 0 fully saturated rings. The third-order valence-corrected chi connectivity index (χ3v) is 5.51. The topological polar surface area (TPSA) is 77.1 Å². The summed E-state index contributed by atoms with van der Waals surface area (Å²) in [5.74, 6) is 1.21. The highest BCUT2D eigenvalue weighted by Crippen LogP contribution is 2.29. The molecule has 36 heavy (non-hydrogen) atoms. The van der Waals surface area contributed by atoms with Crippen LogP contribution in [-0.2, 0) is 4.79 Å². The monoisotopic (exact) mass is 490 g/mol. The van der Waals surface area contributed by atoms with Crippen LogP contribution < -0.4 is 19.5 Å². The van der Waals surface area contributed by atoms with E-state index in [1.54, 1.807) is 25.2 Å². The Kier molecular flexibility index (Phi) is 9.33. The molecule has 0 saturated heterocycles. The molecule has 0 aliphatic rings.